The van der Waals surface area contributed by atoms with Crippen molar-refractivity contribution < 1.29 is 19.0 Å². The highest BCUT2D eigenvalue weighted by Gasteiger charge is 2.06. The zero-order valence-electron chi connectivity index (χ0n) is 16.6. The maximum Gasteiger partial charge on any atom is 0.250 e. The van der Waals surface area contributed by atoms with Gasteiger partial charge in [0, 0.05) is 23.9 Å². The topological polar surface area (TPSA) is 69.7 Å². The van der Waals surface area contributed by atoms with Gasteiger partial charge in [0.25, 0.3) is 0 Å². The third-order valence-electron chi connectivity index (χ3n) is 4.26. The van der Waals surface area contributed by atoms with Crippen molar-refractivity contribution in [3.05, 3.63) is 66.7 Å². The molecule has 0 saturated carbocycles. The second-order valence-electron chi connectivity index (χ2n) is 6.31. The van der Waals surface area contributed by atoms with E-state index in [-0.39, 0.29) is 12.5 Å². The average Bonchev–Trinajstić information content (AvgIpc) is 2.77. The molecule has 0 spiro atoms. The molecule has 0 unspecified atom stereocenters. The first-order chi connectivity index (χ1) is 14.2. The smallest absolute Gasteiger partial charge is 0.250 e. The number of nitrogens with zero attached hydrogens (tertiary/aromatic N) is 1. The molecule has 1 heterocycles. The van der Waals surface area contributed by atoms with E-state index in [4.69, 9.17) is 19.2 Å². The number of aromatic nitrogens is 1. The Kier molecular flexibility index (Phi) is 7.33. The minimum Gasteiger partial charge on any atom is -0.497 e. The summed E-state index contributed by atoms with van der Waals surface area (Å²) in [4.78, 5) is 16.6. The molecular weight excluding hydrogens is 368 g/mol. The van der Waals surface area contributed by atoms with Crippen molar-refractivity contribution in [2.45, 2.75) is 0 Å². The number of nitrogens with one attached hydrogen (secondary N) is 1. The van der Waals surface area contributed by atoms with Crippen LogP contribution in [0, 0.1) is 0 Å². The summed E-state index contributed by atoms with van der Waals surface area (Å²) in [5, 5.41) is 2.81. The Balaban J connectivity index is 1.66. The van der Waals surface area contributed by atoms with E-state index in [0.717, 1.165) is 28.3 Å². The molecule has 150 valence electrons. The lowest BCUT2D eigenvalue weighted by atomic mass is 10.1. The molecule has 0 fully saturated rings. The summed E-state index contributed by atoms with van der Waals surface area (Å²) in [6.07, 6.45) is 0. The van der Waals surface area contributed by atoms with Crippen LogP contribution in [0.4, 0.5) is 5.69 Å². The van der Waals surface area contributed by atoms with Gasteiger partial charge in [0.05, 0.1) is 31.7 Å². The number of ether oxygens (including phenoxy) is 3. The van der Waals surface area contributed by atoms with E-state index < -0.39 is 0 Å². The molecule has 3 aromatic rings. The molecule has 0 radical (unpaired) electrons. The van der Waals surface area contributed by atoms with Gasteiger partial charge in [-0.05, 0) is 48.5 Å². The van der Waals surface area contributed by atoms with Crippen molar-refractivity contribution in [1.82, 2.24) is 4.98 Å². The zero-order chi connectivity index (χ0) is 20.5. The van der Waals surface area contributed by atoms with Gasteiger partial charge >= 0.3 is 0 Å². The largest absolute Gasteiger partial charge is 0.497 e. The van der Waals surface area contributed by atoms with Gasteiger partial charge in [0.15, 0.2) is 0 Å². The number of benzene rings is 2. The fourth-order valence-corrected chi connectivity index (χ4v) is 2.75. The standard InChI is InChI=1S/C23H24N2O4/c1-27-14-15-29-16-23(26)24-19-10-6-17(7-11-19)21-4-3-5-22(25-21)18-8-12-20(28-2)13-9-18/h3-13H,14-16H2,1-2H3,(H,24,26). The van der Waals surface area contributed by atoms with E-state index in [1.807, 2.05) is 66.7 Å². The maximum atomic E-state index is 11.9. The van der Waals surface area contributed by atoms with E-state index in [0.29, 0.717) is 18.9 Å². The second-order valence-corrected chi connectivity index (χ2v) is 6.31. The molecule has 0 aliphatic heterocycles. The second kappa shape index (κ2) is 10.4. The van der Waals surface area contributed by atoms with E-state index in [2.05, 4.69) is 5.32 Å². The molecule has 2 aromatic carbocycles. The lowest BCUT2D eigenvalue weighted by molar-refractivity contribution is -0.121. The minimum atomic E-state index is -0.200. The Morgan fingerprint density at radius 2 is 1.48 bits per heavy atom. The summed E-state index contributed by atoms with van der Waals surface area (Å²) in [6.45, 7) is 0.847. The van der Waals surface area contributed by atoms with Crippen LogP contribution in [0.25, 0.3) is 22.5 Å². The molecule has 6 nitrogen and oxygen atoms in total. The first-order valence-corrected chi connectivity index (χ1v) is 9.28. The summed E-state index contributed by atoms with van der Waals surface area (Å²) < 4.78 is 15.3. The molecule has 29 heavy (non-hydrogen) atoms. The van der Waals surface area contributed by atoms with E-state index in [1.165, 1.54) is 0 Å². The predicted molar refractivity (Wildman–Crippen MR) is 113 cm³/mol. The summed E-state index contributed by atoms with van der Waals surface area (Å²) >= 11 is 0. The van der Waals surface area contributed by atoms with Gasteiger partial charge in [-0.1, -0.05) is 18.2 Å². The molecule has 1 N–H and O–H groups in total. The monoisotopic (exact) mass is 392 g/mol. The van der Waals surface area contributed by atoms with Crippen LogP contribution in [0.3, 0.4) is 0 Å². The summed E-state index contributed by atoms with van der Waals surface area (Å²) in [5.74, 6) is 0.611. The van der Waals surface area contributed by atoms with Crippen molar-refractivity contribution in [3.63, 3.8) is 0 Å². The van der Waals surface area contributed by atoms with E-state index in [9.17, 15) is 4.79 Å². The van der Waals surface area contributed by atoms with Crippen LogP contribution in [0.1, 0.15) is 0 Å². The highest BCUT2D eigenvalue weighted by molar-refractivity contribution is 5.91. The molecule has 3 rings (SSSR count). The SMILES string of the molecule is COCCOCC(=O)Nc1ccc(-c2cccc(-c3ccc(OC)cc3)n2)cc1. The van der Waals surface area contributed by atoms with Gasteiger partial charge in [0.2, 0.25) is 5.91 Å². The Labute approximate surface area is 170 Å². The number of amides is 1. The van der Waals surface area contributed by atoms with E-state index in [1.54, 1.807) is 14.2 Å². The minimum absolute atomic E-state index is 0.00340. The van der Waals surface area contributed by atoms with Crippen LogP contribution in [0.2, 0.25) is 0 Å². The normalized spacial score (nSPS) is 10.6. The first kappa shape index (κ1) is 20.5. The summed E-state index contributed by atoms with van der Waals surface area (Å²) in [7, 11) is 3.24. The Hall–Kier alpha value is -3.22. The molecule has 0 aliphatic carbocycles. The van der Waals surface area contributed by atoms with Crippen LogP contribution >= 0.6 is 0 Å². The average molecular weight is 392 g/mol. The van der Waals surface area contributed by atoms with Crippen LogP contribution in [-0.2, 0) is 14.3 Å². The highest BCUT2D eigenvalue weighted by Crippen LogP contribution is 2.25. The van der Waals surface area contributed by atoms with Gasteiger partial charge in [-0.15, -0.1) is 0 Å². The molecular formula is C23H24N2O4. The number of methoxy groups -OCH3 is 2. The van der Waals surface area contributed by atoms with Gasteiger partial charge in [-0.3, -0.25) is 4.79 Å². The van der Waals surface area contributed by atoms with Gasteiger partial charge in [0.1, 0.15) is 12.4 Å². The molecule has 1 aromatic heterocycles. The van der Waals surface area contributed by atoms with Gasteiger partial charge in [-0.2, -0.15) is 0 Å². The quantitative estimate of drug-likeness (QED) is 0.557. The van der Waals surface area contributed by atoms with Crippen LogP contribution in [0.5, 0.6) is 5.75 Å². The lowest BCUT2D eigenvalue weighted by Gasteiger charge is -2.08. The Bertz CT molecular complexity index is 924. The molecule has 0 saturated heterocycles. The van der Waals surface area contributed by atoms with Gasteiger partial charge < -0.3 is 19.5 Å². The molecule has 0 bridgehead atoms. The highest BCUT2D eigenvalue weighted by atomic mass is 16.5. The number of carbonyl (C=O) groups is 1. The predicted octanol–water partition coefficient (Wildman–Crippen LogP) is 4.03. The summed E-state index contributed by atoms with van der Waals surface area (Å²) in [6, 6.07) is 21.3. The third-order valence-corrected chi connectivity index (χ3v) is 4.26. The number of anilines is 1. The van der Waals surface area contributed by atoms with Crippen molar-refractivity contribution in [2.75, 3.05) is 39.4 Å². The Morgan fingerprint density at radius 3 is 2.07 bits per heavy atom. The van der Waals surface area contributed by atoms with Gasteiger partial charge in [-0.25, -0.2) is 4.98 Å². The number of rotatable bonds is 9. The van der Waals surface area contributed by atoms with Crippen molar-refractivity contribution in [1.29, 1.82) is 0 Å². The van der Waals surface area contributed by atoms with Crippen LogP contribution in [-0.4, -0.2) is 44.9 Å². The number of pyridine rings is 1. The molecule has 0 atom stereocenters. The first-order valence-electron chi connectivity index (χ1n) is 9.28. The van der Waals surface area contributed by atoms with E-state index >= 15 is 0 Å². The lowest BCUT2D eigenvalue weighted by Crippen LogP contribution is -2.19. The molecule has 0 aliphatic rings. The fourth-order valence-electron chi connectivity index (χ4n) is 2.75. The van der Waals surface area contributed by atoms with Crippen molar-refractivity contribution in [2.24, 2.45) is 0 Å². The molecule has 6 heteroatoms. The van der Waals surface area contributed by atoms with Crippen LogP contribution in [0.15, 0.2) is 66.7 Å². The maximum absolute atomic E-state index is 11.9. The third kappa shape index (κ3) is 5.88. The van der Waals surface area contributed by atoms with Crippen molar-refractivity contribution in [3.8, 4) is 28.3 Å². The Morgan fingerprint density at radius 1 is 0.862 bits per heavy atom. The van der Waals surface area contributed by atoms with Crippen LogP contribution < -0.4 is 10.1 Å². The van der Waals surface area contributed by atoms with Crippen molar-refractivity contribution >= 4 is 11.6 Å². The molecule has 1 amide bonds. The number of carbonyl (C=O) groups excluding carboxylic acids is 1. The number of hydrogen-bond donors (Lipinski definition) is 1. The fraction of sp³-hybridized carbons (Fsp3) is 0.217. The number of hydrogen-bond acceptors (Lipinski definition) is 5. The summed E-state index contributed by atoms with van der Waals surface area (Å²) in [5.41, 5.74) is 4.44. The zero-order valence-corrected chi connectivity index (χ0v) is 16.6.